The second kappa shape index (κ2) is 2.62. The van der Waals surface area contributed by atoms with E-state index in [1.165, 1.54) is 10.6 Å². The number of phenolic OH excluding ortho intramolecular Hbond substituents is 1. The molecule has 0 aliphatic rings. The van der Waals surface area contributed by atoms with E-state index in [9.17, 15) is 9.90 Å². The molecule has 0 aliphatic heterocycles. The fourth-order valence-electron chi connectivity index (χ4n) is 1.37. The molecular formula is C10H9NO2. The van der Waals surface area contributed by atoms with E-state index in [1.54, 1.807) is 31.4 Å². The van der Waals surface area contributed by atoms with Crippen molar-refractivity contribution in [3.05, 3.63) is 40.8 Å². The number of nitrogens with zero attached hydrogens (tertiary/aromatic N) is 1. The highest BCUT2D eigenvalue weighted by Crippen LogP contribution is 2.19. The summed E-state index contributed by atoms with van der Waals surface area (Å²) in [4.78, 5) is 11.6. The van der Waals surface area contributed by atoms with Gasteiger partial charge in [0.15, 0.2) is 0 Å². The Bertz CT molecular complexity index is 514. The van der Waals surface area contributed by atoms with Crippen LogP contribution in [0, 0.1) is 0 Å². The normalized spacial score (nSPS) is 10.5. The largest absolute Gasteiger partial charge is 0.507 e. The number of hydrogen-bond acceptors (Lipinski definition) is 2. The van der Waals surface area contributed by atoms with E-state index in [2.05, 4.69) is 0 Å². The number of hydrogen-bond donors (Lipinski definition) is 1. The molecular weight excluding hydrogens is 166 g/mol. The zero-order valence-corrected chi connectivity index (χ0v) is 7.19. The van der Waals surface area contributed by atoms with Crippen LogP contribution in [0.3, 0.4) is 0 Å². The Morgan fingerprint density at radius 1 is 1.31 bits per heavy atom. The highest BCUT2D eigenvalue weighted by Gasteiger charge is 2.03. The van der Waals surface area contributed by atoms with Crippen molar-refractivity contribution in [1.82, 2.24) is 4.57 Å². The van der Waals surface area contributed by atoms with Crippen LogP contribution in [0.25, 0.3) is 10.8 Å². The maximum atomic E-state index is 11.6. The summed E-state index contributed by atoms with van der Waals surface area (Å²) in [6, 6.07) is 6.84. The van der Waals surface area contributed by atoms with Crippen LogP contribution < -0.4 is 5.56 Å². The van der Waals surface area contributed by atoms with Crippen LogP contribution in [0.2, 0.25) is 0 Å². The standard InChI is InChI=1S/C10H9NO2/c1-11-6-5-7-3-2-4-8(12)9(7)10(11)13/h2-6,12H,1H3. The van der Waals surface area contributed by atoms with Gasteiger partial charge in [-0.05, 0) is 17.5 Å². The summed E-state index contributed by atoms with van der Waals surface area (Å²) >= 11 is 0. The molecule has 3 nitrogen and oxygen atoms in total. The lowest BCUT2D eigenvalue weighted by molar-refractivity contribution is 0.481. The molecule has 0 unspecified atom stereocenters. The molecule has 1 N–H and O–H groups in total. The minimum Gasteiger partial charge on any atom is -0.507 e. The number of pyridine rings is 1. The summed E-state index contributed by atoms with van der Waals surface area (Å²) in [6.45, 7) is 0. The molecule has 0 saturated heterocycles. The Hall–Kier alpha value is -1.77. The van der Waals surface area contributed by atoms with Crippen LogP contribution >= 0.6 is 0 Å². The maximum absolute atomic E-state index is 11.6. The molecule has 0 fully saturated rings. The summed E-state index contributed by atoms with van der Waals surface area (Å²) in [7, 11) is 1.66. The summed E-state index contributed by atoms with van der Waals surface area (Å²) in [5.41, 5.74) is -0.171. The predicted octanol–water partition coefficient (Wildman–Crippen LogP) is 1.24. The summed E-state index contributed by atoms with van der Waals surface area (Å²) in [6.07, 6.45) is 1.68. The van der Waals surface area contributed by atoms with Gasteiger partial charge in [0.1, 0.15) is 5.75 Å². The van der Waals surface area contributed by atoms with Crippen LogP contribution in [0.15, 0.2) is 35.3 Å². The molecule has 1 heterocycles. The van der Waals surface area contributed by atoms with Crippen LogP contribution in [0.4, 0.5) is 0 Å². The molecule has 0 radical (unpaired) electrons. The van der Waals surface area contributed by atoms with Gasteiger partial charge in [0.25, 0.3) is 5.56 Å². The highest BCUT2D eigenvalue weighted by molar-refractivity contribution is 5.86. The fourth-order valence-corrected chi connectivity index (χ4v) is 1.37. The molecule has 1 aromatic carbocycles. The van der Waals surface area contributed by atoms with Gasteiger partial charge in [-0.1, -0.05) is 12.1 Å². The molecule has 2 rings (SSSR count). The zero-order valence-electron chi connectivity index (χ0n) is 7.19. The van der Waals surface area contributed by atoms with E-state index in [0.29, 0.717) is 5.39 Å². The van der Waals surface area contributed by atoms with Gasteiger partial charge in [0.05, 0.1) is 5.39 Å². The Morgan fingerprint density at radius 2 is 2.08 bits per heavy atom. The Balaban J connectivity index is 3.06. The first-order valence-electron chi connectivity index (χ1n) is 3.97. The molecule has 0 amide bonds. The lowest BCUT2D eigenvalue weighted by atomic mass is 10.1. The van der Waals surface area contributed by atoms with Crippen molar-refractivity contribution in [2.45, 2.75) is 0 Å². The van der Waals surface area contributed by atoms with Gasteiger partial charge in [-0.3, -0.25) is 4.79 Å². The number of benzene rings is 1. The molecule has 0 saturated carbocycles. The lowest BCUT2D eigenvalue weighted by Crippen LogP contribution is -2.15. The van der Waals surface area contributed by atoms with Crippen molar-refractivity contribution in [2.75, 3.05) is 0 Å². The van der Waals surface area contributed by atoms with Crippen LogP contribution in [0.5, 0.6) is 5.75 Å². The number of aryl methyl sites for hydroxylation is 1. The monoisotopic (exact) mass is 175 g/mol. The van der Waals surface area contributed by atoms with Crippen molar-refractivity contribution in [3.63, 3.8) is 0 Å². The van der Waals surface area contributed by atoms with Gasteiger partial charge < -0.3 is 9.67 Å². The second-order valence-corrected chi connectivity index (χ2v) is 2.97. The average Bonchev–Trinajstić information content (AvgIpc) is 2.12. The molecule has 0 atom stereocenters. The summed E-state index contributed by atoms with van der Waals surface area (Å²) in [5, 5.41) is 10.6. The van der Waals surface area contributed by atoms with Crippen molar-refractivity contribution < 1.29 is 5.11 Å². The Labute approximate surface area is 74.9 Å². The first-order valence-corrected chi connectivity index (χ1v) is 3.97. The van der Waals surface area contributed by atoms with Crippen LogP contribution in [0.1, 0.15) is 0 Å². The number of aromatic nitrogens is 1. The van der Waals surface area contributed by atoms with Gasteiger partial charge in [-0.25, -0.2) is 0 Å². The van der Waals surface area contributed by atoms with E-state index in [-0.39, 0.29) is 11.3 Å². The molecule has 66 valence electrons. The number of aromatic hydroxyl groups is 1. The average molecular weight is 175 g/mol. The molecule has 3 heteroatoms. The van der Waals surface area contributed by atoms with Gasteiger partial charge >= 0.3 is 0 Å². The van der Waals surface area contributed by atoms with E-state index >= 15 is 0 Å². The minimum absolute atomic E-state index is 0.0405. The molecule has 13 heavy (non-hydrogen) atoms. The molecule has 2 aromatic rings. The van der Waals surface area contributed by atoms with Crippen molar-refractivity contribution in [2.24, 2.45) is 7.05 Å². The van der Waals surface area contributed by atoms with Gasteiger partial charge in [-0.2, -0.15) is 0 Å². The Morgan fingerprint density at radius 3 is 2.85 bits per heavy atom. The first-order chi connectivity index (χ1) is 6.20. The van der Waals surface area contributed by atoms with Crippen molar-refractivity contribution >= 4 is 10.8 Å². The first kappa shape index (κ1) is 7.86. The number of phenols is 1. The number of fused-ring (bicyclic) bond motifs is 1. The summed E-state index contributed by atoms with van der Waals surface area (Å²) in [5.74, 6) is 0.0405. The number of rotatable bonds is 0. The van der Waals surface area contributed by atoms with E-state index in [1.807, 2.05) is 0 Å². The third-order valence-corrected chi connectivity index (χ3v) is 2.09. The van der Waals surface area contributed by atoms with E-state index in [4.69, 9.17) is 0 Å². The van der Waals surface area contributed by atoms with E-state index < -0.39 is 0 Å². The summed E-state index contributed by atoms with van der Waals surface area (Å²) < 4.78 is 1.45. The quantitative estimate of drug-likeness (QED) is 0.654. The minimum atomic E-state index is -0.171. The third-order valence-electron chi connectivity index (χ3n) is 2.09. The highest BCUT2D eigenvalue weighted by atomic mass is 16.3. The Kier molecular flexibility index (Phi) is 1.59. The smallest absolute Gasteiger partial charge is 0.261 e. The fraction of sp³-hybridized carbons (Fsp3) is 0.100. The van der Waals surface area contributed by atoms with Gasteiger partial charge in [0.2, 0.25) is 0 Å². The zero-order chi connectivity index (χ0) is 9.42. The molecule has 0 aliphatic carbocycles. The SMILES string of the molecule is Cn1ccc2cccc(O)c2c1=O. The third kappa shape index (κ3) is 1.09. The van der Waals surface area contributed by atoms with Gasteiger partial charge in [-0.15, -0.1) is 0 Å². The van der Waals surface area contributed by atoms with Crippen LogP contribution in [-0.4, -0.2) is 9.67 Å². The lowest BCUT2D eigenvalue weighted by Gasteiger charge is -2.01. The van der Waals surface area contributed by atoms with Gasteiger partial charge in [0, 0.05) is 13.2 Å². The van der Waals surface area contributed by atoms with Crippen molar-refractivity contribution in [3.8, 4) is 5.75 Å². The predicted molar refractivity (Wildman–Crippen MR) is 50.9 cm³/mol. The molecule has 0 bridgehead atoms. The topological polar surface area (TPSA) is 42.2 Å². The van der Waals surface area contributed by atoms with E-state index in [0.717, 1.165) is 5.39 Å². The molecule has 1 aromatic heterocycles. The second-order valence-electron chi connectivity index (χ2n) is 2.97. The van der Waals surface area contributed by atoms with Crippen molar-refractivity contribution in [1.29, 1.82) is 0 Å². The molecule has 0 spiro atoms. The van der Waals surface area contributed by atoms with Crippen LogP contribution in [-0.2, 0) is 7.05 Å². The maximum Gasteiger partial charge on any atom is 0.261 e.